The van der Waals surface area contributed by atoms with Gasteiger partial charge in [-0.3, -0.25) is 0 Å². The highest BCUT2D eigenvalue weighted by Gasteiger charge is 2.22. The summed E-state index contributed by atoms with van der Waals surface area (Å²) in [4.78, 5) is 0. The number of hydrogen-bond donors (Lipinski definition) is 0. The second kappa shape index (κ2) is 9.40. The van der Waals surface area contributed by atoms with Gasteiger partial charge in [0.05, 0.1) is 38.6 Å². The van der Waals surface area contributed by atoms with Gasteiger partial charge in [0.25, 0.3) is 0 Å². The van der Waals surface area contributed by atoms with Crippen LogP contribution >= 0.6 is 0 Å². The molecule has 2 aromatic rings. The quantitative estimate of drug-likeness (QED) is 0.352. The molecule has 0 bridgehead atoms. The van der Waals surface area contributed by atoms with E-state index in [1.807, 2.05) is 0 Å². The molecule has 2 fully saturated rings. The second-order valence-electron chi connectivity index (χ2n) is 8.77. The number of hydrogen-bond acceptors (Lipinski definition) is 4. The summed E-state index contributed by atoms with van der Waals surface area (Å²) in [5.74, 6) is 2.03. The van der Waals surface area contributed by atoms with Gasteiger partial charge in [0.2, 0.25) is 0 Å². The maximum Gasteiger partial charge on any atom is 0.125 e. The monoisotopic (exact) mass is 410 g/mol. The Morgan fingerprint density at radius 1 is 0.667 bits per heavy atom. The highest BCUT2D eigenvalue weighted by atomic mass is 16.6. The van der Waals surface area contributed by atoms with Gasteiger partial charge in [-0.1, -0.05) is 0 Å². The Morgan fingerprint density at radius 2 is 1.00 bits per heavy atom. The smallest absolute Gasteiger partial charge is 0.125 e. The number of rotatable bonds is 11. The molecule has 0 radical (unpaired) electrons. The highest BCUT2D eigenvalue weighted by molar-refractivity contribution is 5.70. The van der Waals surface area contributed by atoms with Gasteiger partial charge in [-0.05, 0) is 111 Å². The molecule has 30 heavy (non-hydrogen) atoms. The van der Waals surface area contributed by atoms with Crippen LogP contribution < -0.4 is 9.47 Å². The first kappa shape index (κ1) is 21.2. The first-order valence-corrected chi connectivity index (χ1v) is 11.2. The van der Waals surface area contributed by atoms with Crippen LogP contribution in [0.15, 0.2) is 24.3 Å². The second-order valence-corrected chi connectivity index (χ2v) is 8.77. The summed E-state index contributed by atoms with van der Waals surface area (Å²) in [5.41, 5.74) is 7.20. The Morgan fingerprint density at radius 3 is 1.30 bits per heavy atom. The number of epoxide rings is 2. The first-order chi connectivity index (χ1) is 14.5. The molecule has 0 aromatic heterocycles. The Kier molecular flexibility index (Phi) is 6.64. The third-order valence-electron chi connectivity index (χ3n) is 5.89. The third kappa shape index (κ3) is 5.55. The van der Waals surface area contributed by atoms with Crippen LogP contribution in [-0.4, -0.2) is 38.6 Å². The van der Waals surface area contributed by atoms with Crippen molar-refractivity contribution in [3.05, 3.63) is 46.5 Å². The van der Waals surface area contributed by atoms with Crippen LogP contribution in [0.3, 0.4) is 0 Å². The molecule has 0 saturated carbocycles. The molecule has 0 amide bonds. The van der Waals surface area contributed by atoms with E-state index in [0.29, 0.717) is 12.2 Å². The number of ether oxygens (including phenoxy) is 4. The molecule has 0 N–H and O–H groups in total. The van der Waals surface area contributed by atoms with E-state index in [9.17, 15) is 0 Å². The summed E-state index contributed by atoms with van der Waals surface area (Å²) in [6, 6.07) is 8.93. The van der Waals surface area contributed by atoms with E-state index >= 15 is 0 Å². The number of benzene rings is 2. The van der Waals surface area contributed by atoms with Crippen LogP contribution in [0.1, 0.15) is 47.9 Å². The Labute approximate surface area is 180 Å². The van der Waals surface area contributed by atoms with Gasteiger partial charge >= 0.3 is 0 Å². The van der Waals surface area contributed by atoms with Crippen LogP contribution in [0.5, 0.6) is 11.5 Å². The fourth-order valence-electron chi connectivity index (χ4n) is 4.13. The Balaban J connectivity index is 1.41. The molecule has 4 rings (SSSR count). The predicted molar refractivity (Wildman–Crippen MR) is 120 cm³/mol. The minimum Gasteiger partial charge on any atom is -0.493 e. The summed E-state index contributed by atoms with van der Waals surface area (Å²) >= 11 is 0. The molecule has 2 aliphatic rings. The molecule has 2 heterocycles. The van der Waals surface area contributed by atoms with Crippen LogP contribution in [0.25, 0.3) is 11.1 Å². The zero-order valence-electron chi connectivity index (χ0n) is 18.8. The normalized spacial score (nSPS) is 19.6. The standard InChI is InChI=1S/C26H34O4/c1-17-11-21(12-18(2)25(17)27-9-5-7-23-15-29-23)22-13-19(3)26(20(4)14-22)28-10-6-8-24-16-30-24/h11-14,23-24H,5-10,15-16H2,1-4H3. The van der Waals surface area contributed by atoms with E-state index in [1.54, 1.807) is 0 Å². The van der Waals surface area contributed by atoms with Crippen molar-refractivity contribution in [2.24, 2.45) is 0 Å². The third-order valence-corrected chi connectivity index (χ3v) is 5.89. The van der Waals surface area contributed by atoms with Gasteiger partial charge < -0.3 is 18.9 Å². The summed E-state index contributed by atoms with van der Waals surface area (Å²) in [7, 11) is 0. The minimum absolute atomic E-state index is 0.476. The van der Waals surface area contributed by atoms with Crippen LogP contribution in [0.2, 0.25) is 0 Å². The number of aryl methyl sites for hydroxylation is 4. The summed E-state index contributed by atoms with van der Waals surface area (Å²) < 4.78 is 22.7. The first-order valence-electron chi connectivity index (χ1n) is 11.2. The van der Waals surface area contributed by atoms with Gasteiger partial charge in [-0.15, -0.1) is 0 Å². The fraction of sp³-hybridized carbons (Fsp3) is 0.538. The Bertz CT molecular complexity index is 761. The van der Waals surface area contributed by atoms with E-state index in [2.05, 4.69) is 52.0 Å². The van der Waals surface area contributed by atoms with Crippen LogP contribution in [0.4, 0.5) is 0 Å². The van der Waals surface area contributed by atoms with Gasteiger partial charge in [0, 0.05) is 0 Å². The maximum atomic E-state index is 6.09. The lowest BCUT2D eigenvalue weighted by molar-refractivity contribution is 0.290. The van der Waals surface area contributed by atoms with Gasteiger partial charge in [0.15, 0.2) is 0 Å². The summed E-state index contributed by atoms with van der Waals surface area (Å²) in [5, 5.41) is 0. The van der Waals surface area contributed by atoms with Crippen LogP contribution in [0, 0.1) is 27.7 Å². The van der Waals surface area contributed by atoms with E-state index in [-0.39, 0.29) is 0 Å². The molecule has 2 saturated heterocycles. The molecule has 4 nitrogen and oxygen atoms in total. The van der Waals surface area contributed by atoms with Gasteiger partial charge in [-0.2, -0.15) is 0 Å². The van der Waals surface area contributed by atoms with Gasteiger partial charge in [-0.25, -0.2) is 0 Å². The SMILES string of the molecule is Cc1cc(-c2cc(C)c(OCCCC3CO3)c(C)c2)cc(C)c1OCCCC1CO1. The van der Waals surface area contributed by atoms with E-state index in [4.69, 9.17) is 18.9 Å². The Hall–Kier alpha value is -2.04. The van der Waals surface area contributed by atoms with Crippen molar-refractivity contribution in [2.75, 3.05) is 26.4 Å². The topological polar surface area (TPSA) is 43.5 Å². The van der Waals surface area contributed by atoms with Gasteiger partial charge in [0.1, 0.15) is 11.5 Å². The van der Waals surface area contributed by atoms with Crippen molar-refractivity contribution in [1.29, 1.82) is 0 Å². The van der Waals surface area contributed by atoms with Crippen molar-refractivity contribution >= 4 is 0 Å². The molecular formula is C26H34O4. The highest BCUT2D eigenvalue weighted by Crippen LogP contribution is 2.34. The lowest BCUT2D eigenvalue weighted by atomic mass is 9.96. The summed E-state index contributed by atoms with van der Waals surface area (Å²) in [6.45, 7) is 11.9. The van der Waals surface area contributed by atoms with Crippen molar-refractivity contribution in [1.82, 2.24) is 0 Å². The van der Waals surface area contributed by atoms with Crippen LogP contribution in [-0.2, 0) is 9.47 Å². The largest absolute Gasteiger partial charge is 0.493 e. The minimum atomic E-state index is 0.476. The fourth-order valence-corrected chi connectivity index (χ4v) is 4.13. The molecule has 162 valence electrons. The van der Waals surface area contributed by atoms with Crippen molar-refractivity contribution < 1.29 is 18.9 Å². The molecule has 0 aliphatic carbocycles. The molecule has 4 heteroatoms. The lowest BCUT2D eigenvalue weighted by Crippen LogP contribution is -2.03. The van der Waals surface area contributed by atoms with Crippen molar-refractivity contribution in [2.45, 2.75) is 65.6 Å². The predicted octanol–water partition coefficient (Wildman–Crippen LogP) is 5.70. The summed E-state index contributed by atoms with van der Waals surface area (Å²) in [6.07, 6.45) is 5.22. The van der Waals surface area contributed by atoms with Crippen molar-refractivity contribution in [3.63, 3.8) is 0 Å². The molecule has 2 aromatic carbocycles. The zero-order chi connectivity index (χ0) is 21.1. The van der Waals surface area contributed by atoms with E-state index in [1.165, 1.54) is 33.4 Å². The van der Waals surface area contributed by atoms with E-state index < -0.39 is 0 Å². The molecule has 0 spiro atoms. The average Bonchev–Trinajstić information content (AvgIpc) is 3.60. The molecule has 2 atom stereocenters. The zero-order valence-corrected chi connectivity index (χ0v) is 18.8. The maximum absolute atomic E-state index is 6.09. The molecular weight excluding hydrogens is 376 g/mol. The van der Waals surface area contributed by atoms with E-state index in [0.717, 1.165) is 63.6 Å². The molecule has 2 aliphatic heterocycles. The molecule has 2 unspecified atom stereocenters. The van der Waals surface area contributed by atoms with Crippen molar-refractivity contribution in [3.8, 4) is 22.6 Å². The average molecular weight is 411 g/mol. The lowest BCUT2D eigenvalue weighted by Gasteiger charge is -2.17.